The van der Waals surface area contributed by atoms with E-state index in [1.807, 2.05) is 4.90 Å². The van der Waals surface area contributed by atoms with Crippen molar-refractivity contribution in [2.45, 2.75) is 232 Å². The van der Waals surface area contributed by atoms with Gasteiger partial charge >= 0.3 is 5.97 Å². The van der Waals surface area contributed by atoms with Gasteiger partial charge in [0, 0.05) is 31.4 Å². The van der Waals surface area contributed by atoms with Gasteiger partial charge in [0.2, 0.25) is 5.91 Å². The molecule has 0 aliphatic heterocycles. The molecule has 1 atom stereocenters. The number of esters is 1. The normalized spacial score (nSPS) is 12.0. The van der Waals surface area contributed by atoms with Crippen LogP contribution in [-0.4, -0.2) is 78.9 Å². The second-order valence-electron chi connectivity index (χ2n) is 16.7. The predicted octanol–water partition coefficient (Wildman–Crippen LogP) is 12.2. The number of nitrogens with one attached hydrogen (secondary N) is 1. The van der Waals surface area contributed by atoms with Crippen LogP contribution >= 0.6 is 0 Å². The molecular weight excluding hydrogens is 713 g/mol. The predicted molar refractivity (Wildman–Crippen MR) is 239 cm³/mol. The minimum absolute atomic E-state index is 0.0807. The molecule has 0 saturated heterocycles. The van der Waals surface area contributed by atoms with Crippen LogP contribution in [0.1, 0.15) is 225 Å². The van der Waals surface area contributed by atoms with E-state index in [-0.39, 0.29) is 25.7 Å². The molecule has 1 heterocycles. The molecule has 0 bridgehead atoms. The average Bonchev–Trinajstić information content (AvgIpc) is 3.73. The van der Waals surface area contributed by atoms with Gasteiger partial charge in [-0.05, 0) is 12.8 Å². The van der Waals surface area contributed by atoms with Crippen LogP contribution < -0.4 is 5.73 Å². The summed E-state index contributed by atoms with van der Waals surface area (Å²) in [5, 5.41) is 0. The fraction of sp³-hybridized carbons (Fsp3) is 0.896. The Bertz CT molecular complexity index is 942. The van der Waals surface area contributed by atoms with Crippen LogP contribution in [0.3, 0.4) is 0 Å². The molecule has 0 aliphatic rings. The monoisotopic (exact) mass is 805 g/mol. The lowest BCUT2D eigenvalue weighted by Gasteiger charge is -2.23. The molecule has 57 heavy (non-hydrogen) atoms. The summed E-state index contributed by atoms with van der Waals surface area (Å²) in [7, 11) is 0. The highest BCUT2D eigenvalue weighted by molar-refractivity contribution is 5.77. The van der Waals surface area contributed by atoms with Crippen molar-refractivity contribution in [3.05, 3.63) is 18.2 Å². The van der Waals surface area contributed by atoms with Gasteiger partial charge in [-0.1, -0.05) is 206 Å². The first-order valence-electron chi connectivity index (χ1n) is 24.4. The zero-order valence-corrected chi connectivity index (χ0v) is 37.5. The Morgan fingerprint density at radius 3 is 1.32 bits per heavy atom. The zero-order chi connectivity index (χ0) is 41.1. The van der Waals surface area contributed by atoms with E-state index in [1.54, 1.807) is 12.5 Å². The zero-order valence-electron chi connectivity index (χ0n) is 37.5. The van der Waals surface area contributed by atoms with Crippen LogP contribution in [0.15, 0.2) is 12.5 Å². The molecule has 1 unspecified atom stereocenters. The van der Waals surface area contributed by atoms with Crippen LogP contribution in [0.5, 0.6) is 0 Å². The Hall–Kier alpha value is -1.97. The van der Waals surface area contributed by atoms with Crippen LogP contribution in [0, 0.1) is 0 Å². The number of aromatic nitrogens is 2. The van der Waals surface area contributed by atoms with E-state index < -0.39 is 12.0 Å². The van der Waals surface area contributed by atoms with Gasteiger partial charge in [-0.3, -0.25) is 9.59 Å². The summed E-state index contributed by atoms with van der Waals surface area (Å²) >= 11 is 0. The molecule has 0 saturated carbocycles. The number of ether oxygens (including phenoxy) is 3. The number of hydrogen-bond acceptors (Lipinski definition) is 7. The van der Waals surface area contributed by atoms with Gasteiger partial charge in [-0.2, -0.15) is 0 Å². The molecule has 0 fully saturated rings. The Morgan fingerprint density at radius 1 is 0.561 bits per heavy atom. The van der Waals surface area contributed by atoms with Gasteiger partial charge in [0.05, 0.1) is 26.1 Å². The SMILES string of the molecule is CCCCCCCCCCCCCCCCCCN(CCCCCCCCCCCCCCCCCC)C(=O)COCCOCCOC(=O)C(N)Cc1cnc[nH]1. The molecule has 3 N–H and O–H groups in total. The van der Waals surface area contributed by atoms with Crippen molar-refractivity contribution >= 4 is 11.9 Å². The van der Waals surface area contributed by atoms with Crippen LogP contribution in [0.4, 0.5) is 0 Å². The standard InChI is InChI=1S/C48H92N4O5/c1-3-5-7-9-11-13-15-17-19-21-23-25-27-29-31-33-35-52(36-34-32-30-28-26-24-22-20-18-16-14-12-10-8-6-4-2)47(53)43-56-38-37-55-39-40-57-48(54)46(49)41-45-42-50-44-51-45/h42,44,46H,3-41,43,49H2,1-2H3,(H,50,51). The smallest absolute Gasteiger partial charge is 0.323 e. The molecular formula is C48H92N4O5. The number of carbonyl (C=O) groups excluding carboxylic acids is 2. The average molecular weight is 805 g/mol. The van der Waals surface area contributed by atoms with Gasteiger partial charge in [0.15, 0.2) is 0 Å². The summed E-state index contributed by atoms with van der Waals surface area (Å²) in [5.74, 6) is -0.388. The Balaban J connectivity index is 2.19. The number of nitrogens with zero attached hydrogens (tertiary/aromatic N) is 2. The number of imidazole rings is 1. The number of rotatable bonds is 45. The van der Waals surface area contributed by atoms with Crippen molar-refractivity contribution < 1.29 is 23.8 Å². The fourth-order valence-electron chi connectivity index (χ4n) is 7.56. The number of nitrogens with two attached hydrogens (primary N) is 1. The number of amides is 1. The molecule has 1 amide bonds. The van der Waals surface area contributed by atoms with E-state index in [1.165, 1.54) is 193 Å². The van der Waals surface area contributed by atoms with Crippen molar-refractivity contribution in [2.75, 3.05) is 46.1 Å². The summed E-state index contributed by atoms with van der Waals surface area (Å²) in [4.78, 5) is 34.2. The van der Waals surface area contributed by atoms with Crippen molar-refractivity contribution in [1.29, 1.82) is 0 Å². The van der Waals surface area contributed by atoms with E-state index in [2.05, 4.69) is 23.8 Å². The van der Waals surface area contributed by atoms with Crippen molar-refractivity contribution in [3.8, 4) is 0 Å². The van der Waals surface area contributed by atoms with E-state index in [0.717, 1.165) is 31.6 Å². The minimum atomic E-state index is -0.749. The molecule has 334 valence electrons. The maximum absolute atomic E-state index is 13.2. The largest absolute Gasteiger partial charge is 0.462 e. The first-order chi connectivity index (χ1) is 28.1. The van der Waals surface area contributed by atoms with Crippen LogP contribution in [0.2, 0.25) is 0 Å². The third-order valence-corrected chi connectivity index (χ3v) is 11.3. The summed E-state index contributed by atoms with van der Waals surface area (Å²) < 4.78 is 16.5. The molecule has 1 rings (SSSR count). The number of aromatic amines is 1. The van der Waals surface area contributed by atoms with Crippen LogP contribution in [-0.2, 0) is 30.2 Å². The Kier molecular flexibility index (Phi) is 39.2. The van der Waals surface area contributed by atoms with Gasteiger partial charge in [-0.25, -0.2) is 4.98 Å². The Labute approximate surface area is 351 Å². The highest BCUT2D eigenvalue weighted by Gasteiger charge is 2.16. The molecule has 0 radical (unpaired) electrons. The fourth-order valence-corrected chi connectivity index (χ4v) is 7.56. The number of H-pyrrole nitrogens is 1. The lowest BCUT2D eigenvalue weighted by atomic mass is 10.0. The number of unbranched alkanes of at least 4 members (excludes halogenated alkanes) is 30. The second-order valence-corrected chi connectivity index (χ2v) is 16.7. The van der Waals surface area contributed by atoms with Gasteiger partial charge in [-0.15, -0.1) is 0 Å². The first-order valence-corrected chi connectivity index (χ1v) is 24.4. The van der Waals surface area contributed by atoms with E-state index in [0.29, 0.717) is 19.6 Å². The Morgan fingerprint density at radius 2 is 0.930 bits per heavy atom. The lowest BCUT2D eigenvalue weighted by Crippen LogP contribution is -2.36. The number of hydrogen-bond donors (Lipinski definition) is 2. The minimum Gasteiger partial charge on any atom is -0.462 e. The highest BCUT2D eigenvalue weighted by Crippen LogP contribution is 2.16. The molecule has 0 aromatic carbocycles. The number of carbonyl (C=O) groups is 2. The third-order valence-electron chi connectivity index (χ3n) is 11.3. The maximum Gasteiger partial charge on any atom is 0.323 e. The molecule has 1 aromatic rings. The topological polar surface area (TPSA) is 120 Å². The summed E-state index contributed by atoms with van der Waals surface area (Å²) in [6.45, 7) is 7.34. The highest BCUT2D eigenvalue weighted by atomic mass is 16.6. The summed E-state index contributed by atoms with van der Waals surface area (Å²) in [6, 6.07) is -0.749. The third kappa shape index (κ3) is 35.7. The van der Waals surface area contributed by atoms with Crippen molar-refractivity contribution in [2.24, 2.45) is 5.73 Å². The summed E-state index contributed by atoms with van der Waals surface area (Å²) in [5.41, 5.74) is 6.70. The summed E-state index contributed by atoms with van der Waals surface area (Å²) in [6.07, 6.45) is 46.7. The molecule has 9 heteroatoms. The lowest BCUT2D eigenvalue weighted by molar-refractivity contribution is -0.147. The van der Waals surface area contributed by atoms with Crippen molar-refractivity contribution in [3.63, 3.8) is 0 Å². The molecule has 0 aliphatic carbocycles. The quantitative estimate of drug-likeness (QED) is 0.0497. The van der Waals surface area contributed by atoms with E-state index in [4.69, 9.17) is 19.9 Å². The van der Waals surface area contributed by atoms with E-state index >= 15 is 0 Å². The van der Waals surface area contributed by atoms with Crippen molar-refractivity contribution in [1.82, 2.24) is 14.9 Å². The van der Waals surface area contributed by atoms with Gasteiger partial charge < -0.3 is 29.8 Å². The first kappa shape index (κ1) is 53.0. The van der Waals surface area contributed by atoms with E-state index in [9.17, 15) is 9.59 Å². The molecule has 9 nitrogen and oxygen atoms in total. The molecule has 1 aromatic heterocycles. The molecule has 0 spiro atoms. The van der Waals surface area contributed by atoms with Gasteiger partial charge in [0.25, 0.3) is 0 Å². The van der Waals surface area contributed by atoms with Gasteiger partial charge in [0.1, 0.15) is 19.3 Å². The maximum atomic E-state index is 13.2. The van der Waals surface area contributed by atoms with Crippen LogP contribution in [0.25, 0.3) is 0 Å². The second kappa shape index (κ2) is 42.2.